The highest BCUT2D eigenvalue weighted by atomic mass is 32.1. The number of amides is 2. The van der Waals surface area contributed by atoms with Gasteiger partial charge in [0.1, 0.15) is 0 Å². The van der Waals surface area contributed by atoms with Crippen molar-refractivity contribution in [3.8, 4) is 0 Å². The molecule has 1 aliphatic heterocycles. The van der Waals surface area contributed by atoms with Crippen LogP contribution >= 0.6 is 11.3 Å². The Morgan fingerprint density at radius 2 is 2.26 bits per heavy atom. The van der Waals surface area contributed by atoms with Gasteiger partial charge in [-0.3, -0.25) is 5.32 Å². The normalized spacial score (nSPS) is 17.2. The van der Waals surface area contributed by atoms with E-state index in [1.807, 2.05) is 24.4 Å². The number of ether oxygens (including phenoxy) is 1. The Hall–Kier alpha value is -1.92. The predicted molar refractivity (Wildman–Crippen MR) is 92.0 cm³/mol. The molecule has 3 rings (SSSR count). The molecule has 1 aromatic heterocycles. The number of urea groups is 1. The summed E-state index contributed by atoms with van der Waals surface area (Å²) < 4.78 is 5.56. The Morgan fingerprint density at radius 1 is 1.43 bits per heavy atom. The number of likely N-dealkylation sites (N-methyl/N-ethyl adjacent to an activating group) is 1. The lowest BCUT2D eigenvalue weighted by molar-refractivity contribution is 0.0894. The maximum Gasteiger partial charge on any atom is 0.323 e. The third-order valence-corrected chi connectivity index (χ3v) is 4.75. The topological polar surface area (TPSA) is 54.5 Å². The van der Waals surface area contributed by atoms with E-state index in [0.29, 0.717) is 11.7 Å². The first-order valence-electron chi connectivity index (χ1n) is 7.83. The molecule has 1 aromatic carbocycles. The first-order valence-corrected chi connectivity index (χ1v) is 8.65. The average molecular weight is 331 g/mol. The lowest BCUT2D eigenvalue weighted by atomic mass is 10.1. The van der Waals surface area contributed by atoms with Crippen LogP contribution in [0.3, 0.4) is 0 Å². The zero-order valence-electron chi connectivity index (χ0n) is 13.2. The third-order valence-electron chi connectivity index (χ3n) is 3.84. The van der Waals surface area contributed by atoms with Gasteiger partial charge in [0.2, 0.25) is 0 Å². The maximum absolute atomic E-state index is 12.2. The van der Waals surface area contributed by atoms with E-state index in [2.05, 4.69) is 22.4 Å². The van der Waals surface area contributed by atoms with Crippen LogP contribution in [0.2, 0.25) is 0 Å². The molecule has 1 N–H and O–H groups in total. The van der Waals surface area contributed by atoms with E-state index in [4.69, 9.17) is 4.74 Å². The highest BCUT2D eigenvalue weighted by Crippen LogP contribution is 2.21. The van der Waals surface area contributed by atoms with Crippen LogP contribution < -0.4 is 5.32 Å². The van der Waals surface area contributed by atoms with E-state index in [1.54, 1.807) is 11.9 Å². The first kappa shape index (κ1) is 16.0. The van der Waals surface area contributed by atoms with Crippen molar-refractivity contribution in [2.75, 3.05) is 25.5 Å². The van der Waals surface area contributed by atoms with Gasteiger partial charge in [-0.05, 0) is 18.4 Å². The predicted octanol–water partition coefficient (Wildman–Crippen LogP) is 3.38. The lowest BCUT2D eigenvalue weighted by Crippen LogP contribution is -2.37. The number of aromatic nitrogens is 1. The minimum atomic E-state index is -0.138. The molecule has 1 aliphatic rings. The molecule has 0 radical (unpaired) electrons. The van der Waals surface area contributed by atoms with Gasteiger partial charge in [0, 0.05) is 37.7 Å². The fraction of sp³-hybridized carbons (Fsp3) is 0.412. The molecule has 5 nitrogen and oxygen atoms in total. The van der Waals surface area contributed by atoms with Crippen LogP contribution in [0.4, 0.5) is 9.93 Å². The maximum atomic E-state index is 12.2. The van der Waals surface area contributed by atoms with Gasteiger partial charge in [0.05, 0.1) is 6.10 Å². The smallest absolute Gasteiger partial charge is 0.323 e. The van der Waals surface area contributed by atoms with Gasteiger partial charge in [-0.2, -0.15) is 0 Å². The van der Waals surface area contributed by atoms with Gasteiger partial charge in [-0.1, -0.05) is 30.3 Å². The van der Waals surface area contributed by atoms with E-state index in [0.717, 1.165) is 30.7 Å². The standard InChI is InChI=1S/C17H21N3O2S/c1-20(12-14-8-5-9-22-14)17(21)19-16-18-11-15(23-16)10-13-6-3-2-4-7-13/h2-4,6-7,11,14H,5,8-10,12H2,1H3,(H,18,19,21)/t14-/m0/s1. The summed E-state index contributed by atoms with van der Waals surface area (Å²) >= 11 is 1.52. The molecule has 6 heteroatoms. The van der Waals surface area contributed by atoms with Crippen LogP contribution in [-0.2, 0) is 11.2 Å². The van der Waals surface area contributed by atoms with Crippen molar-refractivity contribution in [2.45, 2.75) is 25.4 Å². The monoisotopic (exact) mass is 331 g/mol. The summed E-state index contributed by atoms with van der Waals surface area (Å²) in [6.45, 7) is 1.42. The highest BCUT2D eigenvalue weighted by Gasteiger charge is 2.20. The van der Waals surface area contributed by atoms with E-state index >= 15 is 0 Å². The van der Waals surface area contributed by atoms with Crippen LogP contribution in [0.5, 0.6) is 0 Å². The Kier molecular flexibility index (Phi) is 5.25. The number of thiazole rings is 1. The van der Waals surface area contributed by atoms with Gasteiger partial charge in [-0.15, -0.1) is 11.3 Å². The summed E-state index contributed by atoms with van der Waals surface area (Å²) in [7, 11) is 1.79. The zero-order valence-corrected chi connectivity index (χ0v) is 14.0. The summed E-state index contributed by atoms with van der Waals surface area (Å²) in [5, 5.41) is 3.50. The zero-order chi connectivity index (χ0) is 16.1. The Balaban J connectivity index is 1.52. The molecule has 0 saturated carbocycles. The van der Waals surface area contributed by atoms with Crippen molar-refractivity contribution in [3.05, 3.63) is 47.0 Å². The number of rotatable bonds is 5. The molecule has 0 spiro atoms. The molecule has 23 heavy (non-hydrogen) atoms. The second-order valence-electron chi connectivity index (χ2n) is 5.74. The summed E-state index contributed by atoms with van der Waals surface area (Å²) in [5.74, 6) is 0. The summed E-state index contributed by atoms with van der Waals surface area (Å²) in [4.78, 5) is 19.3. The van der Waals surface area contributed by atoms with E-state index in [1.165, 1.54) is 16.9 Å². The molecule has 0 bridgehead atoms. The van der Waals surface area contributed by atoms with Crippen molar-refractivity contribution in [3.63, 3.8) is 0 Å². The molecule has 2 heterocycles. The van der Waals surface area contributed by atoms with Crippen molar-refractivity contribution in [1.29, 1.82) is 0 Å². The number of benzene rings is 1. The number of carbonyl (C=O) groups excluding carboxylic acids is 1. The van der Waals surface area contributed by atoms with E-state index in [-0.39, 0.29) is 12.1 Å². The number of nitrogens with one attached hydrogen (secondary N) is 1. The minimum Gasteiger partial charge on any atom is -0.376 e. The number of hydrogen-bond donors (Lipinski definition) is 1. The lowest BCUT2D eigenvalue weighted by Gasteiger charge is -2.20. The molecule has 2 aromatic rings. The SMILES string of the molecule is CN(C[C@@H]1CCCO1)C(=O)Nc1ncc(Cc2ccccc2)s1. The summed E-state index contributed by atoms with van der Waals surface area (Å²) in [6.07, 6.45) is 4.93. The van der Waals surface area contributed by atoms with Crippen molar-refractivity contribution in [2.24, 2.45) is 0 Å². The molecule has 0 aliphatic carbocycles. The van der Waals surface area contributed by atoms with Crippen molar-refractivity contribution >= 4 is 22.5 Å². The van der Waals surface area contributed by atoms with E-state index < -0.39 is 0 Å². The van der Waals surface area contributed by atoms with Crippen LogP contribution in [0, 0.1) is 0 Å². The number of nitrogens with zero attached hydrogens (tertiary/aromatic N) is 2. The molecule has 1 fully saturated rings. The fourth-order valence-corrected chi connectivity index (χ4v) is 3.44. The molecule has 1 saturated heterocycles. The quantitative estimate of drug-likeness (QED) is 0.914. The van der Waals surface area contributed by atoms with Gasteiger partial charge in [-0.25, -0.2) is 9.78 Å². The van der Waals surface area contributed by atoms with Gasteiger partial charge >= 0.3 is 6.03 Å². The summed E-state index contributed by atoms with van der Waals surface area (Å²) in [5.41, 5.74) is 1.24. The van der Waals surface area contributed by atoms with E-state index in [9.17, 15) is 4.79 Å². The molecular formula is C17H21N3O2S. The average Bonchev–Trinajstić information content (AvgIpc) is 3.20. The number of anilines is 1. The first-order chi connectivity index (χ1) is 11.2. The van der Waals surface area contributed by atoms with Crippen LogP contribution in [-0.4, -0.2) is 42.2 Å². The second kappa shape index (κ2) is 7.57. The van der Waals surface area contributed by atoms with Crippen LogP contribution in [0.15, 0.2) is 36.5 Å². The van der Waals surface area contributed by atoms with Gasteiger partial charge in [0.15, 0.2) is 5.13 Å². The Labute approximate surface area is 140 Å². The van der Waals surface area contributed by atoms with Gasteiger partial charge in [0.25, 0.3) is 0 Å². The molecular weight excluding hydrogens is 310 g/mol. The van der Waals surface area contributed by atoms with Crippen molar-refractivity contribution < 1.29 is 9.53 Å². The fourth-order valence-electron chi connectivity index (χ4n) is 2.61. The Bertz CT molecular complexity index is 638. The summed E-state index contributed by atoms with van der Waals surface area (Å²) in [6, 6.07) is 10.1. The third kappa shape index (κ3) is 4.53. The van der Waals surface area contributed by atoms with Gasteiger partial charge < -0.3 is 9.64 Å². The molecule has 2 amide bonds. The number of carbonyl (C=O) groups is 1. The Morgan fingerprint density at radius 3 is 3.00 bits per heavy atom. The molecule has 122 valence electrons. The second-order valence-corrected chi connectivity index (χ2v) is 6.86. The van der Waals surface area contributed by atoms with Crippen LogP contribution in [0.1, 0.15) is 23.3 Å². The highest BCUT2D eigenvalue weighted by molar-refractivity contribution is 7.15. The molecule has 0 unspecified atom stereocenters. The minimum absolute atomic E-state index is 0.138. The largest absolute Gasteiger partial charge is 0.376 e. The molecule has 1 atom stereocenters. The number of hydrogen-bond acceptors (Lipinski definition) is 4. The van der Waals surface area contributed by atoms with Crippen molar-refractivity contribution in [1.82, 2.24) is 9.88 Å². The van der Waals surface area contributed by atoms with Crippen LogP contribution in [0.25, 0.3) is 0 Å².